The highest BCUT2D eigenvalue weighted by molar-refractivity contribution is 5.82. The number of anilines is 1. The van der Waals surface area contributed by atoms with Crippen molar-refractivity contribution in [3.63, 3.8) is 0 Å². The number of methoxy groups -OCH3 is 1. The van der Waals surface area contributed by atoms with Gasteiger partial charge in [-0.1, -0.05) is 0 Å². The fourth-order valence-electron chi connectivity index (χ4n) is 5.35. The molecule has 0 aliphatic carbocycles. The number of ether oxygens (including phenoxy) is 2. The maximum Gasteiger partial charge on any atom is 0.320 e. The SMILES string of the molecule is COc1nc(N2CCOC(C(C)O)C2)cc(-n2ncc3cc(C)c(C4CCN(CCF)CC4)cc32)n1. The molecule has 2 unspecified atom stereocenters. The van der Waals surface area contributed by atoms with Gasteiger partial charge in [-0.15, -0.1) is 0 Å². The highest BCUT2D eigenvalue weighted by Gasteiger charge is 2.27. The highest BCUT2D eigenvalue weighted by atomic mass is 19.1. The molecule has 0 amide bonds. The third kappa shape index (κ3) is 5.02. The number of aliphatic hydroxyl groups excluding tert-OH is 1. The van der Waals surface area contributed by atoms with Crippen LogP contribution in [0, 0.1) is 6.92 Å². The molecule has 2 aliphatic rings. The van der Waals surface area contributed by atoms with Crippen LogP contribution in [0.25, 0.3) is 16.7 Å². The molecule has 0 radical (unpaired) electrons. The number of hydrogen-bond donors (Lipinski definition) is 1. The molecule has 4 heterocycles. The van der Waals surface area contributed by atoms with E-state index < -0.39 is 6.10 Å². The maximum absolute atomic E-state index is 12.8. The van der Waals surface area contributed by atoms with Crippen molar-refractivity contribution in [2.45, 2.75) is 44.8 Å². The molecule has 2 saturated heterocycles. The highest BCUT2D eigenvalue weighted by Crippen LogP contribution is 2.34. The number of alkyl halides is 1. The minimum atomic E-state index is -0.573. The second-order valence-electron chi connectivity index (χ2n) is 9.80. The van der Waals surface area contributed by atoms with Crippen molar-refractivity contribution in [3.05, 3.63) is 35.5 Å². The van der Waals surface area contributed by atoms with Crippen LogP contribution in [0.2, 0.25) is 0 Å². The summed E-state index contributed by atoms with van der Waals surface area (Å²) in [5, 5.41) is 15.7. The van der Waals surface area contributed by atoms with Gasteiger partial charge in [0, 0.05) is 31.1 Å². The normalized spacial score (nSPS) is 20.7. The molecule has 1 aromatic carbocycles. The number of piperidine rings is 1. The Morgan fingerprint density at radius 2 is 1.94 bits per heavy atom. The van der Waals surface area contributed by atoms with Crippen LogP contribution >= 0.6 is 0 Å². The molecule has 2 fully saturated rings. The third-order valence-electron chi connectivity index (χ3n) is 7.42. The fourth-order valence-corrected chi connectivity index (χ4v) is 5.35. The van der Waals surface area contributed by atoms with E-state index in [4.69, 9.17) is 9.47 Å². The van der Waals surface area contributed by atoms with Gasteiger partial charge in [0.1, 0.15) is 18.6 Å². The monoisotopic (exact) mass is 498 g/mol. The summed E-state index contributed by atoms with van der Waals surface area (Å²) < 4.78 is 25.8. The lowest BCUT2D eigenvalue weighted by Crippen LogP contribution is -2.47. The van der Waals surface area contributed by atoms with E-state index in [1.54, 1.807) is 14.0 Å². The Balaban J connectivity index is 1.48. The zero-order chi connectivity index (χ0) is 25.2. The van der Waals surface area contributed by atoms with Crippen LogP contribution < -0.4 is 9.64 Å². The summed E-state index contributed by atoms with van der Waals surface area (Å²) in [6, 6.07) is 6.60. The van der Waals surface area contributed by atoms with E-state index in [2.05, 4.69) is 43.9 Å². The van der Waals surface area contributed by atoms with E-state index in [9.17, 15) is 9.50 Å². The Kier molecular flexibility index (Phi) is 7.36. The van der Waals surface area contributed by atoms with Crippen LogP contribution in [-0.4, -0.2) is 95.1 Å². The van der Waals surface area contributed by atoms with Gasteiger partial charge in [0.15, 0.2) is 5.82 Å². The van der Waals surface area contributed by atoms with Crippen LogP contribution in [0.3, 0.4) is 0 Å². The lowest BCUT2D eigenvalue weighted by atomic mass is 9.86. The second-order valence-corrected chi connectivity index (χ2v) is 9.80. The van der Waals surface area contributed by atoms with Crippen LogP contribution in [0.1, 0.15) is 36.8 Å². The van der Waals surface area contributed by atoms with Crippen LogP contribution in [-0.2, 0) is 4.74 Å². The number of fused-ring (bicyclic) bond motifs is 1. The van der Waals surface area contributed by atoms with Gasteiger partial charge in [-0.2, -0.15) is 15.1 Å². The van der Waals surface area contributed by atoms with E-state index in [1.165, 1.54) is 11.1 Å². The molecule has 5 rings (SSSR count). The second kappa shape index (κ2) is 10.7. The van der Waals surface area contributed by atoms with Crippen LogP contribution in [0.4, 0.5) is 10.2 Å². The van der Waals surface area contributed by atoms with Crippen molar-refractivity contribution in [2.75, 3.05) is 58.0 Å². The van der Waals surface area contributed by atoms with Gasteiger partial charge in [-0.05, 0) is 69.0 Å². The predicted octanol–water partition coefficient (Wildman–Crippen LogP) is 2.87. The molecule has 3 aromatic rings. The number of aliphatic hydroxyl groups is 1. The number of morpholine rings is 1. The summed E-state index contributed by atoms with van der Waals surface area (Å²) in [5.41, 5.74) is 3.56. The van der Waals surface area contributed by atoms with Gasteiger partial charge >= 0.3 is 6.01 Å². The average Bonchev–Trinajstić information content (AvgIpc) is 3.31. The lowest BCUT2D eigenvalue weighted by Gasteiger charge is -2.35. The zero-order valence-corrected chi connectivity index (χ0v) is 21.2. The van der Waals surface area contributed by atoms with Crippen LogP contribution in [0.15, 0.2) is 24.4 Å². The Hall–Kier alpha value is -2.82. The summed E-state index contributed by atoms with van der Waals surface area (Å²) in [6.07, 6.45) is 3.05. The summed E-state index contributed by atoms with van der Waals surface area (Å²) in [6.45, 7) is 7.67. The Morgan fingerprint density at radius 1 is 1.17 bits per heavy atom. The topological polar surface area (TPSA) is 88.8 Å². The van der Waals surface area contributed by atoms with E-state index in [1.807, 2.05) is 16.9 Å². The van der Waals surface area contributed by atoms with E-state index in [0.29, 0.717) is 43.8 Å². The zero-order valence-electron chi connectivity index (χ0n) is 21.2. The van der Waals surface area contributed by atoms with E-state index in [0.717, 1.165) is 36.8 Å². The Labute approximate surface area is 210 Å². The lowest BCUT2D eigenvalue weighted by molar-refractivity contribution is -0.0366. The third-order valence-corrected chi connectivity index (χ3v) is 7.42. The van der Waals surface area contributed by atoms with Gasteiger partial charge in [0.05, 0.1) is 31.5 Å². The smallest absolute Gasteiger partial charge is 0.320 e. The Morgan fingerprint density at radius 3 is 2.67 bits per heavy atom. The molecule has 1 N–H and O–H groups in total. The first-order valence-corrected chi connectivity index (χ1v) is 12.7. The molecule has 9 nitrogen and oxygen atoms in total. The van der Waals surface area contributed by atoms with Crippen molar-refractivity contribution in [3.8, 4) is 11.8 Å². The van der Waals surface area contributed by atoms with Gasteiger partial charge < -0.3 is 24.4 Å². The molecular weight excluding hydrogens is 463 g/mol. The molecule has 0 spiro atoms. The fraction of sp³-hybridized carbons (Fsp3) is 0.577. The number of aryl methyl sites for hydroxylation is 1. The number of benzene rings is 1. The molecule has 10 heteroatoms. The van der Waals surface area contributed by atoms with Crippen molar-refractivity contribution in [1.82, 2.24) is 24.6 Å². The molecule has 2 aliphatic heterocycles. The van der Waals surface area contributed by atoms with Crippen molar-refractivity contribution < 1.29 is 19.0 Å². The summed E-state index contributed by atoms with van der Waals surface area (Å²) in [7, 11) is 1.55. The summed E-state index contributed by atoms with van der Waals surface area (Å²) >= 11 is 0. The molecule has 2 atom stereocenters. The summed E-state index contributed by atoms with van der Waals surface area (Å²) in [5.74, 6) is 1.77. The number of halogens is 1. The number of aromatic nitrogens is 4. The molecule has 0 saturated carbocycles. The van der Waals surface area contributed by atoms with E-state index in [-0.39, 0.29) is 18.8 Å². The first-order chi connectivity index (χ1) is 17.5. The number of likely N-dealkylation sites (tertiary alicyclic amines) is 1. The van der Waals surface area contributed by atoms with Crippen LogP contribution in [0.5, 0.6) is 6.01 Å². The first kappa shape index (κ1) is 24.9. The first-order valence-electron chi connectivity index (χ1n) is 12.7. The average molecular weight is 499 g/mol. The van der Waals surface area contributed by atoms with Crippen molar-refractivity contribution in [2.24, 2.45) is 0 Å². The largest absolute Gasteiger partial charge is 0.467 e. The van der Waals surface area contributed by atoms with Gasteiger partial charge in [0.25, 0.3) is 0 Å². The maximum atomic E-state index is 12.8. The van der Waals surface area contributed by atoms with Gasteiger partial charge in [0.2, 0.25) is 0 Å². The minimum absolute atomic E-state index is 0.263. The molecule has 2 aromatic heterocycles. The van der Waals surface area contributed by atoms with Crippen molar-refractivity contribution >= 4 is 16.7 Å². The summed E-state index contributed by atoms with van der Waals surface area (Å²) in [4.78, 5) is 13.5. The van der Waals surface area contributed by atoms with Gasteiger partial charge in [-0.25, -0.2) is 9.07 Å². The standard InChI is InChI=1S/C26H35FN6O3/c1-17-12-20-15-28-33(22(20)13-21(17)19-4-7-31(8-5-19)9-6-27)25-14-24(29-26(30-25)35-3)32-10-11-36-23(16-32)18(2)34/h12-15,18-19,23,34H,4-11,16H2,1-3H3. The van der Waals surface area contributed by atoms with Gasteiger partial charge in [-0.3, -0.25) is 0 Å². The molecular formula is C26H35FN6O3. The Bertz CT molecular complexity index is 1190. The molecule has 194 valence electrons. The minimum Gasteiger partial charge on any atom is -0.467 e. The quantitative estimate of drug-likeness (QED) is 0.532. The molecule has 36 heavy (non-hydrogen) atoms. The number of hydrogen-bond acceptors (Lipinski definition) is 8. The number of rotatable bonds is 7. The van der Waals surface area contributed by atoms with E-state index >= 15 is 0 Å². The number of nitrogens with zero attached hydrogens (tertiary/aromatic N) is 6. The predicted molar refractivity (Wildman–Crippen MR) is 136 cm³/mol. The molecule has 0 bridgehead atoms. The van der Waals surface area contributed by atoms with Crippen molar-refractivity contribution in [1.29, 1.82) is 0 Å².